The molecule has 1 N–H and O–H groups in total. The lowest BCUT2D eigenvalue weighted by molar-refractivity contribution is -0.129. The van der Waals surface area contributed by atoms with Crippen LogP contribution in [0.4, 0.5) is 0 Å². The lowest BCUT2D eigenvalue weighted by Crippen LogP contribution is -2.38. The molecule has 0 aliphatic carbocycles. The van der Waals surface area contributed by atoms with Crippen molar-refractivity contribution in [2.75, 3.05) is 19.6 Å². The SMILES string of the molecule is CCCNC1CCN(CCCCn2ccnc2)C1=O. The summed E-state index contributed by atoms with van der Waals surface area (Å²) in [5.41, 5.74) is 0. The molecule has 1 aromatic heterocycles. The predicted molar refractivity (Wildman–Crippen MR) is 74.7 cm³/mol. The van der Waals surface area contributed by atoms with Crippen molar-refractivity contribution >= 4 is 5.91 Å². The van der Waals surface area contributed by atoms with Crippen LogP contribution in [0.2, 0.25) is 0 Å². The topological polar surface area (TPSA) is 50.2 Å². The van der Waals surface area contributed by atoms with Crippen LogP contribution < -0.4 is 5.32 Å². The Morgan fingerprint density at radius 1 is 1.42 bits per heavy atom. The Hall–Kier alpha value is -1.36. The van der Waals surface area contributed by atoms with E-state index in [0.29, 0.717) is 0 Å². The van der Waals surface area contributed by atoms with Crippen LogP contribution in [-0.2, 0) is 11.3 Å². The molecule has 0 radical (unpaired) electrons. The van der Waals surface area contributed by atoms with Crippen molar-refractivity contribution in [3.63, 3.8) is 0 Å². The molecule has 0 spiro atoms. The largest absolute Gasteiger partial charge is 0.341 e. The summed E-state index contributed by atoms with van der Waals surface area (Å²) in [6, 6.07) is 0.0635. The molecule has 1 aliphatic heterocycles. The first-order chi connectivity index (χ1) is 9.31. The average molecular weight is 264 g/mol. The van der Waals surface area contributed by atoms with Gasteiger partial charge in [-0.25, -0.2) is 4.98 Å². The predicted octanol–water partition coefficient (Wildman–Crippen LogP) is 1.26. The molecule has 5 nitrogen and oxygen atoms in total. The highest BCUT2D eigenvalue weighted by atomic mass is 16.2. The number of rotatable bonds is 8. The average Bonchev–Trinajstić information content (AvgIpc) is 3.04. The molecule has 2 heterocycles. The Balaban J connectivity index is 1.62. The van der Waals surface area contributed by atoms with Gasteiger partial charge in [0.2, 0.25) is 5.91 Å². The number of nitrogens with one attached hydrogen (secondary N) is 1. The molecule has 1 aromatic rings. The molecule has 1 saturated heterocycles. The van der Waals surface area contributed by atoms with E-state index in [1.165, 1.54) is 0 Å². The van der Waals surface area contributed by atoms with Gasteiger partial charge in [-0.3, -0.25) is 4.79 Å². The van der Waals surface area contributed by atoms with Crippen molar-refractivity contribution in [1.29, 1.82) is 0 Å². The molecule has 5 heteroatoms. The smallest absolute Gasteiger partial charge is 0.239 e. The lowest BCUT2D eigenvalue weighted by Gasteiger charge is -2.17. The Labute approximate surface area is 115 Å². The Morgan fingerprint density at radius 2 is 2.26 bits per heavy atom. The molecular formula is C14H24N4O. The zero-order valence-corrected chi connectivity index (χ0v) is 11.7. The lowest BCUT2D eigenvalue weighted by atomic mass is 10.2. The minimum Gasteiger partial charge on any atom is -0.341 e. The molecule has 1 fully saturated rings. The van der Waals surface area contributed by atoms with Crippen LogP contribution in [0.25, 0.3) is 0 Å². The van der Waals surface area contributed by atoms with Gasteiger partial charge in [0.1, 0.15) is 0 Å². The summed E-state index contributed by atoms with van der Waals surface area (Å²) in [5, 5.41) is 3.32. The maximum atomic E-state index is 12.1. The van der Waals surface area contributed by atoms with Crippen LogP contribution in [-0.4, -0.2) is 46.0 Å². The zero-order valence-electron chi connectivity index (χ0n) is 11.7. The fraction of sp³-hybridized carbons (Fsp3) is 0.714. The number of unbranched alkanes of at least 4 members (excludes halogenated alkanes) is 1. The second-order valence-electron chi connectivity index (χ2n) is 5.13. The van der Waals surface area contributed by atoms with E-state index in [4.69, 9.17) is 0 Å². The molecule has 19 heavy (non-hydrogen) atoms. The number of imidazole rings is 1. The van der Waals surface area contributed by atoms with Crippen molar-refractivity contribution in [1.82, 2.24) is 19.8 Å². The number of nitrogens with zero attached hydrogens (tertiary/aromatic N) is 3. The first-order valence-electron chi connectivity index (χ1n) is 7.29. The normalized spacial score (nSPS) is 19.3. The fourth-order valence-corrected chi connectivity index (χ4v) is 2.48. The van der Waals surface area contributed by atoms with E-state index in [1.54, 1.807) is 6.20 Å². The van der Waals surface area contributed by atoms with Gasteiger partial charge in [-0.15, -0.1) is 0 Å². The van der Waals surface area contributed by atoms with Crippen LogP contribution in [0.3, 0.4) is 0 Å². The fourth-order valence-electron chi connectivity index (χ4n) is 2.48. The number of carbonyl (C=O) groups is 1. The molecule has 0 aromatic carbocycles. The van der Waals surface area contributed by atoms with Crippen LogP contribution in [0, 0.1) is 0 Å². The monoisotopic (exact) mass is 264 g/mol. The Morgan fingerprint density at radius 3 is 3.00 bits per heavy atom. The summed E-state index contributed by atoms with van der Waals surface area (Å²) >= 11 is 0. The highest BCUT2D eigenvalue weighted by Gasteiger charge is 2.30. The number of carbonyl (C=O) groups excluding carboxylic acids is 1. The second kappa shape index (κ2) is 7.28. The number of hydrogen-bond donors (Lipinski definition) is 1. The van der Waals surface area contributed by atoms with Crippen molar-refractivity contribution in [3.05, 3.63) is 18.7 Å². The van der Waals surface area contributed by atoms with E-state index in [2.05, 4.69) is 21.8 Å². The van der Waals surface area contributed by atoms with Gasteiger partial charge in [-0.05, 0) is 32.2 Å². The van der Waals surface area contributed by atoms with E-state index in [1.807, 2.05) is 17.4 Å². The molecule has 1 amide bonds. The zero-order chi connectivity index (χ0) is 13.5. The van der Waals surface area contributed by atoms with Crippen molar-refractivity contribution in [2.24, 2.45) is 0 Å². The number of aromatic nitrogens is 2. The first kappa shape index (κ1) is 14.1. The van der Waals surface area contributed by atoms with Crippen LogP contribution in [0.15, 0.2) is 18.7 Å². The second-order valence-corrected chi connectivity index (χ2v) is 5.13. The highest BCUT2D eigenvalue weighted by molar-refractivity contribution is 5.83. The van der Waals surface area contributed by atoms with Gasteiger partial charge in [-0.1, -0.05) is 6.92 Å². The molecule has 1 aliphatic rings. The molecular weight excluding hydrogens is 240 g/mol. The minimum atomic E-state index is 0.0635. The molecule has 2 rings (SSSR count). The van der Waals surface area contributed by atoms with Crippen LogP contribution in [0.1, 0.15) is 32.6 Å². The molecule has 1 atom stereocenters. The Bertz CT molecular complexity index is 377. The van der Waals surface area contributed by atoms with Gasteiger partial charge in [-0.2, -0.15) is 0 Å². The van der Waals surface area contributed by atoms with Crippen molar-refractivity contribution in [2.45, 2.75) is 45.2 Å². The Kier molecular flexibility index (Phi) is 5.39. The van der Waals surface area contributed by atoms with Crippen LogP contribution >= 0.6 is 0 Å². The van der Waals surface area contributed by atoms with E-state index < -0.39 is 0 Å². The van der Waals surface area contributed by atoms with Gasteiger partial charge < -0.3 is 14.8 Å². The minimum absolute atomic E-state index is 0.0635. The maximum Gasteiger partial charge on any atom is 0.239 e. The van der Waals surface area contributed by atoms with E-state index in [-0.39, 0.29) is 11.9 Å². The number of likely N-dealkylation sites (tertiary alicyclic amines) is 1. The summed E-state index contributed by atoms with van der Waals surface area (Å²) in [6.45, 7) is 5.84. The third kappa shape index (κ3) is 4.06. The van der Waals surface area contributed by atoms with Gasteiger partial charge in [0.15, 0.2) is 0 Å². The van der Waals surface area contributed by atoms with E-state index in [0.717, 1.165) is 51.9 Å². The molecule has 0 bridgehead atoms. The number of hydrogen-bond acceptors (Lipinski definition) is 3. The van der Waals surface area contributed by atoms with Gasteiger partial charge >= 0.3 is 0 Å². The van der Waals surface area contributed by atoms with E-state index >= 15 is 0 Å². The molecule has 1 unspecified atom stereocenters. The van der Waals surface area contributed by atoms with Gasteiger partial charge in [0.05, 0.1) is 12.4 Å². The molecule has 0 saturated carbocycles. The molecule has 106 valence electrons. The quantitative estimate of drug-likeness (QED) is 0.719. The first-order valence-corrected chi connectivity index (χ1v) is 7.29. The summed E-state index contributed by atoms with van der Waals surface area (Å²) in [7, 11) is 0. The third-order valence-electron chi connectivity index (χ3n) is 3.59. The van der Waals surface area contributed by atoms with E-state index in [9.17, 15) is 4.79 Å². The highest BCUT2D eigenvalue weighted by Crippen LogP contribution is 2.12. The number of amides is 1. The van der Waals surface area contributed by atoms with Gasteiger partial charge in [0, 0.05) is 32.0 Å². The summed E-state index contributed by atoms with van der Waals surface area (Å²) < 4.78 is 2.08. The van der Waals surface area contributed by atoms with Crippen LogP contribution in [0.5, 0.6) is 0 Å². The summed E-state index contributed by atoms with van der Waals surface area (Å²) in [4.78, 5) is 18.1. The summed E-state index contributed by atoms with van der Waals surface area (Å²) in [5.74, 6) is 0.288. The third-order valence-corrected chi connectivity index (χ3v) is 3.59. The maximum absolute atomic E-state index is 12.1. The van der Waals surface area contributed by atoms with Crippen molar-refractivity contribution in [3.8, 4) is 0 Å². The van der Waals surface area contributed by atoms with Crippen molar-refractivity contribution < 1.29 is 4.79 Å². The van der Waals surface area contributed by atoms with Gasteiger partial charge in [0.25, 0.3) is 0 Å². The standard InChI is InChI=1S/C14H24N4O/c1-2-6-16-13-5-10-18(14(13)19)9-4-3-8-17-11-7-15-12-17/h7,11-13,16H,2-6,8-10H2,1H3. The number of aryl methyl sites for hydroxylation is 1. The summed E-state index contributed by atoms with van der Waals surface area (Å²) in [6.07, 6.45) is 9.80.